The first-order valence-electron chi connectivity index (χ1n) is 12.9. The number of para-hydroxylation sites is 2. The highest BCUT2D eigenvalue weighted by Gasteiger charge is 2.14. The molecule has 0 aliphatic heterocycles. The molecule has 1 heterocycles. The van der Waals surface area contributed by atoms with E-state index in [4.69, 9.17) is 15.0 Å². The maximum Gasteiger partial charge on any atom is 0.0823 e. The number of hydrogen-bond acceptors (Lipinski definition) is 3. The summed E-state index contributed by atoms with van der Waals surface area (Å²) < 4.78 is 0. The Kier molecular flexibility index (Phi) is 8.77. The average Bonchev–Trinajstić information content (AvgIpc) is 2.80. The predicted molar refractivity (Wildman–Crippen MR) is 153 cm³/mol. The Morgan fingerprint density at radius 3 is 1.17 bits per heavy atom. The molecule has 0 fully saturated rings. The Balaban J connectivity index is 2.01. The molecule has 3 heteroatoms. The molecule has 0 aliphatic carbocycles. The van der Waals surface area contributed by atoms with Crippen molar-refractivity contribution < 1.29 is 0 Å². The SMILES string of the molecule is Cc1cc(C=Nc2c(C(C)C)cccc2C(C)C)nc(C=Nc2c(C(C)C)cccc2C(C)C)c1. The van der Waals surface area contributed by atoms with Gasteiger partial charge >= 0.3 is 0 Å². The highest BCUT2D eigenvalue weighted by atomic mass is 14.8. The van der Waals surface area contributed by atoms with Crippen LogP contribution in [-0.2, 0) is 0 Å². The van der Waals surface area contributed by atoms with E-state index in [1.807, 2.05) is 12.4 Å². The van der Waals surface area contributed by atoms with Crippen LogP contribution in [-0.4, -0.2) is 17.4 Å². The van der Waals surface area contributed by atoms with Gasteiger partial charge in [-0.1, -0.05) is 91.8 Å². The molecule has 0 unspecified atom stereocenters. The van der Waals surface area contributed by atoms with E-state index in [0.29, 0.717) is 23.7 Å². The second-order valence-corrected chi connectivity index (χ2v) is 10.7. The molecule has 0 bridgehead atoms. The first-order chi connectivity index (χ1) is 16.6. The first kappa shape index (κ1) is 26.5. The lowest BCUT2D eigenvalue weighted by Gasteiger charge is -2.16. The molecule has 3 aromatic rings. The molecular weight excluding hydrogens is 426 g/mol. The molecule has 0 saturated heterocycles. The summed E-state index contributed by atoms with van der Waals surface area (Å²) in [6.45, 7) is 19.9. The van der Waals surface area contributed by atoms with E-state index < -0.39 is 0 Å². The standard InChI is InChI=1S/C32H41N3/c1-20(2)27-12-10-13-28(21(3)4)31(27)33-18-25-16-24(9)17-26(35-25)19-34-32-29(22(5)6)14-11-15-30(32)23(7)8/h10-23H,1-9H3. The van der Waals surface area contributed by atoms with Crippen molar-refractivity contribution in [3.05, 3.63) is 87.7 Å². The topological polar surface area (TPSA) is 37.6 Å². The minimum Gasteiger partial charge on any atom is -0.254 e. The smallest absolute Gasteiger partial charge is 0.0823 e. The maximum absolute atomic E-state index is 4.96. The van der Waals surface area contributed by atoms with Crippen LogP contribution in [0.1, 0.15) is 118 Å². The highest BCUT2D eigenvalue weighted by Crippen LogP contribution is 2.35. The zero-order chi connectivity index (χ0) is 25.7. The summed E-state index contributed by atoms with van der Waals surface area (Å²) in [6, 6.07) is 17.2. The molecule has 0 saturated carbocycles. The van der Waals surface area contributed by atoms with Crippen LogP contribution in [0.5, 0.6) is 0 Å². The normalized spacial score (nSPS) is 12.4. The van der Waals surface area contributed by atoms with Gasteiger partial charge in [0.05, 0.1) is 35.2 Å². The van der Waals surface area contributed by atoms with E-state index in [-0.39, 0.29) is 0 Å². The van der Waals surface area contributed by atoms with Gasteiger partial charge in [-0.25, -0.2) is 4.98 Å². The third-order valence-corrected chi connectivity index (χ3v) is 6.35. The lowest BCUT2D eigenvalue weighted by molar-refractivity contribution is 0.835. The molecule has 35 heavy (non-hydrogen) atoms. The molecule has 0 aliphatic rings. The fraction of sp³-hybridized carbons (Fsp3) is 0.406. The van der Waals surface area contributed by atoms with Crippen LogP contribution < -0.4 is 0 Å². The van der Waals surface area contributed by atoms with E-state index >= 15 is 0 Å². The summed E-state index contributed by atoms with van der Waals surface area (Å²) in [5.74, 6) is 1.63. The fourth-order valence-electron chi connectivity index (χ4n) is 4.44. The lowest BCUT2D eigenvalue weighted by atomic mass is 9.93. The molecule has 0 N–H and O–H groups in total. The molecule has 1 aromatic heterocycles. The number of aliphatic imine (C=N–C) groups is 2. The summed E-state index contributed by atoms with van der Waals surface area (Å²) in [7, 11) is 0. The van der Waals surface area contributed by atoms with Crippen molar-refractivity contribution in [2.24, 2.45) is 9.98 Å². The Morgan fingerprint density at radius 1 is 0.571 bits per heavy atom. The number of nitrogens with zero attached hydrogens (tertiary/aromatic N) is 3. The summed E-state index contributed by atoms with van der Waals surface area (Å²) in [4.78, 5) is 14.8. The van der Waals surface area contributed by atoms with E-state index in [0.717, 1.165) is 28.3 Å². The second kappa shape index (κ2) is 11.6. The van der Waals surface area contributed by atoms with Crippen LogP contribution in [0.25, 0.3) is 0 Å². The van der Waals surface area contributed by atoms with E-state index in [1.54, 1.807) is 0 Å². The minimum atomic E-state index is 0.408. The van der Waals surface area contributed by atoms with Crippen molar-refractivity contribution in [3.8, 4) is 0 Å². The van der Waals surface area contributed by atoms with Crippen LogP contribution in [0.2, 0.25) is 0 Å². The number of hydrogen-bond donors (Lipinski definition) is 0. The highest BCUT2D eigenvalue weighted by molar-refractivity contribution is 5.85. The molecule has 2 aromatic carbocycles. The molecular formula is C32H41N3. The zero-order valence-electron chi connectivity index (χ0n) is 22.9. The predicted octanol–water partition coefficient (Wildman–Crippen LogP) is 9.38. The summed E-state index contributed by atoms with van der Waals surface area (Å²) in [5, 5.41) is 0. The number of pyridine rings is 1. The van der Waals surface area contributed by atoms with E-state index in [9.17, 15) is 0 Å². The molecule has 0 atom stereocenters. The first-order valence-corrected chi connectivity index (χ1v) is 12.9. The number of aromatic nitrogens is 1. The molecule has 0 amide bonds. The summed E-state index contributed by atoms with van der Waals surface area (Å²) in [5.41, 5.74) is 10.1. The number of aryl methyl sites for hydroxylation is 1. The van der Waals surface area contributed by atoms with Crippen molar-refractivity contribution in [1.82, 2.24) is 4.98 Å². The van der Waals surface area contributed by atoms with Crippen molar-refractivity contribution in [1.29, 1.82) is 0 Å². The van der Waals surface area contributed by atoms with Gasteiger partial charge in [0, 0.05) is 0 Å². The molecule has 184 valence electrons. The van der Waals surface area contributed by atoms with Crippen molar-refractivity contribution in [3.63, 3.8) is 0 Å². The van der Waals surface area contributed by atoms with Gasteiger partial charge in [-0.15, -0.1) is 0 Å². The second-order valence-electron chi connectivity index (χ2n) is 10.7. The Bertz CT molecular complexity index is 1070. The van der Waals surface area contributed by atoms with E-state index in [1.165, 1.54) is 22.3 Å². The average molecular weight is 468 g/mol. The van der Waals surface area contributed by atoms with Crippen LogP contribution in [0.4, 0.5) is 11.4 Å². The van der Waals surface area contributed by atoms with E-state index in [2.05, 4.69) is 111 Å². The van der Waals surface area contributed by atoms with Gasteiger partial charge in [-0.05, 0) is 70.5 Å². The van der Waals surface area contributed by atoms with Gasteiger partial charge in [0.25, 0.3) is 0 Å². The Morgan fingerprint density at radius 2 is 0.886 bits per heavy atom. The van der Waals surface area contributed by atoms with Gasteiger partial charge in [-0.2, -0.15) is 0 Å². The van der Waals surface area contributed by atoms with Crippen LogP contribution in [0.3, 0.4) is 0 Å². The van der Waals surface area contributed by atoms with Gasteiger partial charge in [0.1, 0.15) is 0 Å². The third kappa shape index (κ3) is 6.54. The monoisotopic (exact) mass is 467 g/mol. The number of rotatable bonds is 8. The van der Waals surface area contributed by atoms with Crippen LogP contribution >= 0.6 is 0 Å². The van der Waals surface area contributed by atoms with Gasteiger partial charge in [-0.3, -0.25) is 9.98 Å². The minimum absolute atomic E-state index is 0.408. The largest absolute Gasteiger partial charge is 0.254 e. The molecule has 3 rings (SSSR count). The third-order valence-electron chi connectivity index (χ3n) is 6.35. The Hall–Kier alpha value is -3.07. The zero-order valence-corrected chi connectivity index (χ0v) is 22.9. The quantitative estimate of drug-likeness (QED) is 0.304. The van der Waals surface area contributed by atoms with Crippen molar-refractivity contribution in [2.45, 2.75) is 86.0 Å². The van der Waals surface area contributed by atoms with Gasteiger partial charge < -0.3 is 0 Å². The van der Waals surface area contributed by atoms with Crippen molar-refractivity contribution in [2.75, 3.05) is 0 Å². The van der Waals surface area contributed by atoms with Crippen LogP contribution in [0.15, 0.2) is 58.5 Å². The van der Waals surface area contributed by atoms with Crippen molar-refractivity contribution >= 4 is 23.8 Å². The Labute approximate surface area is 212 Å². The molecule has 3 nitrogen and oxygen atoms in total. The summed E-state index contributed by atoms with van der Waals surface area (Å²) >= 11 is 0. The lowest BCUT2D eigenvalue weighted by Crippen LogP contribution is -1.99. The maximum atomic E-state index is 4.96. The fourth-order valence-corrected chi connectivity index (χ4v) is 4.44. The summed E-state index contributed by atoms with van der Waals surface area (Å²) in [6.07, 6.45) is 3.80. The molecule has 0 radical (unpaired) electrons. The van der Waals surface area contributed by atoms with Gasteiger partial charge in [0.15, 0.2) is 0 Å². The molecule has 0 spiro atoms. The van der Waals surface area contributed by atoms with Crippen LogP contribution in [0, 0.1) is 6.92 Å². The van der Waals surface area contributed by atoms with Gasteiger partial charge in [0.2, 0.25) is 0 Å². The number of benzene rings is 2.